The molecule has 2 fully saturated rings. The first-order chi connectivity index (χ1) is 17.2. The molecule has 0 saturated heterocycles. The topological polar surface area (TPSA) is 74.3 Å². The van der Waals surface area contributed by atoms with Gasteiger partial charge >= 0.3 is 0 Å². The number of H-pyrrole nitrogens is 1. The number of benzene rings is 2. The van der Waals surface area contributed by atoms with Crippen LogP contribution in [0.4, 0.5) is 0 Å². The standard InChI is InChI=1S/C30H38N2O3/c33-27(19-31-24-12-11-23(18-24)17-21-7-3-1-4-8-21)25-13-15-28(30-26(25)14-16-29(34)32-30)35-20-22-9-5-2-6-10-22/h2,5-6,9-10,13-16,21,23-24,27,31,33H,1,3-4,7-8,11-12,17-20H2,(H,32,34)/t23-,24-,27-/m1/s1. The summed E-state index contributed by atoms with van der Waals surface area (Å²) in [4.78, 5) is 15.0. The first-order valence-electron chi connectivity index (χ1n) is 13.4. The maximum atomic E-state index is 12.1. The monoisotopic (exact) mass is 474 g/mol. The number of fused-ring (bicyclic) bond motifs is 1. The first-order valence-corrected chi connectivity index (χ1v) is 13.4. The van der Waals surface area contributed by atoms with E-state index >= 15 is 0 Å². The van der Waals surface area contributed by atoms with E-state index in [1.165, 1.54) is 63.9 Å². The highest BCUT2D eigenvalue weighted by molar-refractivity contribution is 5.87. The van der Waals surface area contributed by atoms with Gasteiger partial charge in [0.1, 0.15) is 12.4 Å². The van der Waals surface area contributed by atoms with Crippen LogP contribution in [0.5, 0.6) is 5.75 Å². The minimum Gasteiger partial charge on any atom is -0.487 e. The Kier molecular flexibility index (Phi) is 7.85. The molecule has 2 aromatic carbocycles. The summed E-state index contributed by atoms with van der Waals surface area (Å²) in [7, 11) is 0. The molecule has 0 aliphatic heterocycles. The van der Waals surface area contributed by atoms with Crippen molar-refractivity contribution in [2.24, 2.45) is 11.8 Å². The Balaban J connectivity index is 1.21. The molecule has 2 aliphatic rings. The highest BCUT2D eigenvalue weighted by Gasteiger charge is 2.28. The largest absolute Gasteiger partial charge is 0.487 e. The van der Waals surface area contributed by atoms with Crippen molar-refractivity contribution in [3.05, 3.63) is 76.1 Å². The van der Waals surface area contributed by atoms with Gasteiger partial charge in [0.15, 0.2) is 0 Å². The maximum Gasteiger partial charge on any atom is 0.248 e. The van der Waals surface area contributed by atoms with E-state index in [0.29, 0.717) is 30.5 Å². The lowest BCUT2D eigenvalue weighted by atomic mass is 9.82. The van der Waals surface area contributed by atoms with Gasteiger partial charge in [-0.3, -0.25) is 4.79 Å². The van der Waals surface area contributed by atoms with E-state index in [4.69, 9.17) is 4.74 Å². The molecule has 1 heterocycles. The molecule has 0 bridgehead atoms. The second kappa shape index (κ2) is 11.4. The molecule has 5 rings (SSSR count). The molecular formula is C30H38N2O3. The van der Waals surface area contributed by atoms with Crippen molar-refractivity contribution in [1.82, 2.24) is 10.3 Å². The summed E-state index contributed by atoms with van der Waals surface area (Å²) in [6.07, 6.45) is 11.6. The molecule has 1 aromatic heterocycles. The number of aliphatic hydroxyl groups excluding tert-OH is 1. The zero-order chi connectivity index (χ0) is 24.0. The van der Waals surface area contributed by atoms with Crippen LogP contribution in [0.2, 0.25) is 0 Å². The van der Waals surface area contributed by atoms with Gasteiger partial charge in [0.2, 0.25) is 5.56 Å². The van der Waals surface area contributed by atoms with Gasteiger partial charge in [-0.25, -0.2) is 0 Å². The Labute approximate surface area is 207 Å². The van der Waals surface area contributed by atoms with E-state index in [0.717, 1.165) is 28.3 Å². The summed E-state index contributed by atoms with van der Waals surface area (Å²) in [5.74, 6) is 2.39. The van der Waals surface area contributed by atoms with Crippen molar-refractivity contribution in [3.63, 3.8) is 0 Å². The lowest BCUT2D eigenvalue weighted by molar-refractivity contribution is 0.170. The molecule has 2 saturated carbocycles. The van der Waals surface area contributed by atoms with Crippen molar-refractivity contribution < 1.29 is 9.84 Å². The number of hydrogen-bond acceptors (Lipinski definition) is 4. The molecule has 3 atom stereocenters. The van der Waals surface area contributed by atoms with Crippen LogP contribution in [0, 0.1) is 11.8 Å². The van der Waals surface area contributed by atoms with Crippen LogP contribution in [0.1, 0.15) is 75.0 Å². The van der Waals surface area contributed by atoms with Crippen LogP contribution in [-0.2, 0) is 6.61 Å². The molecule has 3 aromatic rings. The van der Waals surface area contributed by atoms with Crippen LogP contribution in [-0.4, -0.2) is 22.7 Å². The highest BCUT2D eigenvalue weighted by atomic mass is 16.5. The van der Waals surface area contributed by atoms with Gasteiger partial charge in [-0.1, -0.05) is 68.5 Å². The minimum absolute atomic E-state index is 0.179. The summed E-state index contributed by atoms with van der Waals surface area (Å²) >= 11 is 0. The SMILES string of the molecule is O=c1ccc2c([C@H](O)CN[C@@H]3CC[C@H](CC4CCCCC4)C3)ccc(OCc3ccccc3)c2[nH]1. The molecule has 3 N–H and O–H groups in total. The molecule has 186 valence electrons. The first kappa shape index (κ1) is 24.1. The predicted molar refractivity (Wildman–Crippen MR) is 141 cm³/mol. The summed E-state index contributed by atoms with van der Waals surface area (Å²) in [5.41, 5.74) is 2.33. The third kappa shape index (κ3) is 6.14. The second-order valence-corrected chi connectivity index (χ2v) is 10.6. The molecule has 0 spiro atoms. The van der Waals surface area contributed by atoms with Crippen LogP contribution >= 0.6 is 0 Å². The van der Waals surface area contributed by atoms with Crippen LogP contribution in [0.15, 0.2) is 59.4 Å². The maximum absolute atomic E-state index is 12.1. The zero-order valence-corrected chi connectivity index (χ0v) is 20.5. The smallest absolute Gasteiger partial charge is 0.248 e. The highest BCUT2D eigenvalue weighted by Crippen LogP contribution is 2.36. The van der Waals surface area contributed by atoms with Crippen molar-refractivity contribution in [1.29, 1.82) is 0 Å². The molecule has 2 aliphatic carbocycles. The predicted octanol–water partition coefficient (Wildman–Crippen LogP) is 5.87. The average Bonchev–Trinajstić information content (AvgIpc) is 3.34. The van der Waals surface area contributed by atoms with E-state index < -0.39 is 6.10 Å². The number of aromatic nitrogens is 1. The number of pyridine rings is 1. The number of rotatable bonds is 9. The van der Waals surface area contributed by atoms with E-state index in [2.05, 4.69) is 10.3 Å². The van der Waals surface area contributed by atoms with E-state index in [-0.39, 0.29) is 5.56 Å². The van der Waals surface area contributed by atoms with E-state index in [9.17, 15) is 9.90 Å². The van der Waals surface area contributed by atoms with Gasteiger partial charge < -0.3 is 20.1 Å². The number of hydrogen-bond donors (Lipinski definition) is 3. The van der Waals surface area contributed by atoms with Crippen LogP contribution in [0.25, 0.3) is 10.9 Å². The summed E-state index contributed by atoms with van der Waals surface area (Å²) < 4.78 is 6.04. The van der Waals surface area contributed by atoms with Gasteiger partial charge in [0.05, 0.1) is 11.6 Å². The fourth-order valence-electron chi connectivity index (χ4n) is 6.15. The van der Waals surface area contributed by atoms with Gasteiger partial charge in [-0.15, -0.1) is 0 Å². The van der Waals surface area contributed by atoms with Crippen molar-refractivity contribution in [2.45, 2.75) is 76.5 Å². The molecule has 5 nitrogen and oxygen atoms in total. The second-order valence-electron chi connectivity index (χ2n) is 10.6. The molecule has 0 amide bonds. The Hall–Kier alpha value is -2.63. The zero-order valence-electron chi connectivity index (χ0n) is 20.5. The molecular weight excluding hydrogens is 436 g/mol. The van der Waals surface area contributed by atoms with E-state index in [1.807, 2.05) is 42.5 Å². The fourth-order valence-corrected chi connectivity index (χ4v) is 6.15. The quantitative estimate of drug-likeness (QED) is 0.363. The Morgan fingerprint density at radius 3 is 2.60 bits per heavy atom. The van der Waals surface area contributed by atoms with Crippen molar-refractivity contribution in [2.75, 3.05) is 6.54 Å². The molecule has 5 heteroatoms. The third-order valence-electron chi connectivity index (χ3n) is 8.02. The summed E-state index contributed by atoms with van der Waals surface area (Å²) in [6.45, 7) is 0.930. The van der Waals surface area contributed by atoms with Crippen LogP contribution in [0.3, 0.4) is 0 Å². The normalized spacial score (nSPS) is 21.9. The number of aliphatic hydroxyl groups is 1. The van der Waals surface area contributed by atoms with Gasteiger partial charge in [0, 0.05) is 24.0 Å². The van der Waals surface area contributed by atoms with Gasteiger partial charge in [0.25, 0.3) is 0 Å². The third-order valence-corrected chi connectivity index (χ3v) is 8.02. The lowest BCUT2D eigenvalue weighted by Crippen LogP contribution is -2.31. The summed E-state index contributed by atoms with van der Waals surface area (Å²) in [6, 6.07) is 17.5. The number of nitrogens with one attached hydrogen (secondary N) is 2. The van der Waals surface area contributed by atoms with Gasteiger partial charge in [-0.2, -0.15) is 0 Å². The van der Waals surface area contributed by atoms with Gasteiger partial charge in [-0.05, 0) is 60.8 Å². The number of aromatic amines is 1. The fraction of sp³-hybridized carbons (Fsp3) is 0.500. The molecule has 0 radical (unpaired) electrons. The minimum atomic E-state index is -0.649. The van der Waals surface area contributed by atoms with Crippen LogP contribution < -0.4 is 15.6 Å². The molecule has 0 unspecified atom stereocenters. The van der Waals surface area contributed by atoms with E-state index in [1.54, 1.807) is 6.07 Å². The summed E-state index contributed by atoms with van der Waals surface area (Å²) in [5, 5.41) is 15.5. The lowest BCUT2D eigenvalue weighted by Gasteiger charge is -2.24. The van der Waals surface area contributed by atoms with Crippen molar-refractivity contribution in [3.8, 4) is 5.75 Å². The Bertz CT molecular complexity index is 1150. The Morgan fingerprint density at radius 2 is 1.77 bits per heavy atom. The molecule has 35 heavy (non-hydrogen) atoms. The number of ether oxygens (including phenoxy) is 1. The average molecular weight is 475 g/mol. The Morgan fingerprint density at radius 1 is 0.943 bits per heavy atom. The van der Waals surface area contributed by atoms with Crippen molar-refractivity contribution >= 4 is 10.9 Å².